The van der Waals surface area contributed by atoms with E-state index in [0.29, 0.717) is 35.2 Å². The van der Waals surface area contributed by atoms with E-state index in [1.807, 2.05) is 0 Å². The standard InChI is InChI=1S/C22H26N6O2S/c1-12(29)5-6-25-14-3-4-15-19(8-14)31-22-20(15)21(26-11-27-22)28-17-7-13(10-23)16(24)9-18(17)30-2/h7,9-11,14,23,25H,3-6,8,24H2,1-2H3,(H,26,27,28). The van der Waals surface area contributed by atoms with E-state index in [4.69, 9.17) is 15.9 Å². The number of Topliss-reactive ketones (excluding diaryl/α,β-unsaturated/α-hetero) is 1. The van der Waals surface area contributed by atoms with E-state index in [0.717, 1.165) is 41.8 Å². The molecule has 1 atom stereocenters. The first-order valence-corrected chi connectivity index (χ1v) is 11.0. The van der Waals surface area contributed by atoms with Crippen molar-refractivity contribution in [2.45, 2.75) is 38.6 Å². The van der Waals surface area contributed by atoms with Crippen molar-refractivity contribution in [1.82, 2.24) is 15.3 Å². The van der Waals surface area contributed by atoms with Crippen LogP contribution in [0.5, 0.6) is 5.75 Å². The summed E-state index contributed by atoms with van der Waals surface area (Å²) in [7, 11) is 1.59. The molecule has 31 heavy (non-hydrogen) atoms. The minimum absolute atomic E-state index is 0.209. The maximum absolute atomic E-state index is 11.2. The molecular weight excluding hydrogens is 412 g/mol. The number of thiophene rings is 1. The third kappa shape index (κ3) is 4.38. The van der Waals surface area contributed by atoms with Gasteiger partial charge < -0.3 is 26.5 Å². The zero-order valence-electron chi connectivity index (χ0n) is 17.6. The van der Waals surface area contributed by atoms with Gasteiger partial charge in [-0.25, -0.2) is 9.97 Å². The Morgan fingerprint density at radius 3 is 3.00 bits per heavy atom. The molecule has 0 fully saturated rings. The third-order valence-electron chi connectivity index (χ3n) is 5.57. The molecule has 0 saturated carbocycles. The number of fused-ring (bicyclic) bond motifs is 3. The van der Waals surface area contributed by atoms with Crippen molar-refractivity contribution in [3.05, 3.63) is 34.5 Å². The molecule has 2 aromatic heterocycles. The van der Waals surface area contributed by atoms with Crippen molar-refractivity contribution < 1.29 is 9.53 Å². The molecule has 1 aliphatic carbocycles. The second kappa shape index (κ2) is 8.99. The number of rotatable bonds is 8. The number of ketones is 1. The zero-order chi connectivity index (χ0) is 22.0. The zero-order valence-corrected chi connectivity index (χ0v) is 18.4. The summed E-state index contributed by atoms with van der Waals surface area (Å²) < 4.78 is 5.48. The van der Waals surface area contributed by atoms with Crippen molar-refractivity contribution in [3.8, 4) is 5.75 Å². The van der Waals surface area contributed by atoms with Gasteiger partial charge in [0, 0.05) is 47.4 Å². The smallest absolute Gasteiger partial charge is 0.144 e. The number of hydrogen-bond acceptors (Lipinski definition) is 9. The molecule has 1 aromatic carbocycles. The Labute approximate surface area is 184 Å². The number of nitrogens with one attached hydrogen (secondary N) is 3. The van der Waals surface area contributed by atoms with Crippen LogP contribution in [0.4, 0.5) is 17.2 Å². The van der Waals surface area contributed by atoms with Crippen molar-refractivity contribution in [2.75, 3.05) is 24.7 Å². The number of nitrogen functional groups attached to an aromatic ring is 1. The van der Waals surface area contributed by atoms with Gasteiger partial charge in [0.2, 0.25) is 0 Å². The first kappa shape index (κ1) is 21.2. The number of methoxy groups -OCH3 is 1. The summed E-state index contributed by atoms with van der Waals surface area (Å²) in [6.45, 7) is 2.35. The molecule has 8 nitrogen and oxygen atoms in total. The van der Waals surface area contributed by atoms with E-state index in [-0.39, 0.29) is 5.78 Å². The number of aromatic nitrogens is 2. The van der Waals surface area contributed by atoms with Crippen molar-refractivity contribution >= 4 is 50.7 Å². The number of ether oxygens (including phenoxy) is 1. The summed E-state index contributed by atoms with van der Waals surface area (Å²) >= 11 is 1.70. The maximum Gasteiger partial charge on any atom is 0.144 e. The third-order valence-corrected chi connectivity index (χ3v) is 6.73. The highest BCUT2D eigenvalue weighted by Crippen LogP contribution is 2.40. The Balaban J connectivity index is 1.64. The van der Waals surface area contributed by atoms with Gasteiger partial charge in [0.15, 0.2) is 0 Å². The lowest BCUT2D eigenvalue weighted by molar-refractivity contribution is -0.116. The Hall–Kier alpha value is -3.04. The summed E-state index contributed by atoms with van der Waals surface area (Å²) in [4.78, 5) is 22.5. The van der Waals surface area contributed by atoms with E-state index in [1.54, 1.807) is 43.8 Å². The SMILES string of the molecule is COc1cc(N)c(C=N)cc1Nc1ncnc2sc3c(c12)CCC(NCCC(C)=O)C3. The highest BCUT2D eigenvalue weighted by Gasteiger charge is 2.25. The molecule has 0 spiro atoms. The quantitative estimate of drug-likeness (QED) is 0.313. The molecule has 3 aromatic rings. The van der Waals surface area contributed by atoms with Crippen LogP contribution in [-0.2, 0) is 17.6 Å². The number of carbonyl (C=O) groups excluding carboxylic acids is 1. The topological polar surface area (TPSA) is 126 Å². The van der Waals surface area contributed by atoms with E-state index < -0.39 is 0 Å². The summed E-state index contributed by atoms with van der Waals surface area (Å²) in [5.41, 5.74) is 9.08. The van der Waals surface area contributed by atoms with Crippen LogP contribution in [0.15, 0.2) is 18.5 Å². The van der Waals surface area contributed by atoms with Crippen LogP contribution in [0, 0.1) is 5.41 Å². The molecule has 0 aliphatic heterocycles. The number of nitrogens with two attached hydrogens (primary N) is 1. The molecule has 5 N–H and O–H groups in total. The largest absolute Gasteiger partial charge is 0.494 e. The first-order chi connectivity index (χ1) is 15.0. The Morgan fingerprint density at radius 2 is 2.26 bits per heavy atom. The predicted molar refractivity (Wildman–Crippen MR) is 125 cm³/mol. The fourth-order valence-corrected chi connectivity index (χ4v) is 5.23. The molecule has 1 unspecified atom stereocenters. The monoisotopic (exact) mass is 438 g/mol. The summed E-state index contributed by atoms with van der Waals surface area (Å²) in [5.74, 6) is 1.53. The number of anilines is 3. The van der Waals surface area contributed by atoms with Crippen LogP contribution in [0.1, 0.15) is 35.8 Å². The molecule has 2 heterocycles. The lowest BCUT2D eigenvalue weighted by atomic mass is 9.92. The minimum Gasteiger partial charge on any atom is -0.494 e. The second-order valence-corrected chi connectivity index (χ2v) is 8.79. The van der Waals surface area contributed by atoms with Gasteiger partial charge in [0.25, 0.3) is 0 Å². The maximum atomic E-state index is 11.2. The van der Waals surface area contributed by atoms with Crippen LogP contribution >= 0.6 is 11.3 Å². The number of benzene rings is 1. The van der Waals surface area contributed by atoms with Crippen LogP contribution in [0.3, 0.4) is 0 Å². The van der Waals surface area contributed by atoms with E-state index in [1.165, 1.54) is 16.7 Å². The molecule has 0 saturated heterocycles. The Kier molecular flexibility index (Phi) is 6.15. The van der Waals surface area contributed by atoms with Gasteiger partial charge in [-0.3, -0.25) is 4.79 Å². The molecule has 9 heteroatoms. The van der Waals surface area contributed by atoms with Crippen molar-refractivity contribution in [2.24, 2.45) is 0 Å². The summed E-state index contributed by atoms with van der Waals surface area (Å²) in [6, 6.07) is 3.88. The molecule has 162 valence electrons. The summed E-state index contributed by atoms with van der Waals surface area (Å²) in [6.07, 6.45) is 6.22. The number of aryl methyl sites for hydroxylation is 1. The Bertz CT molecular complexity index is 1140. The van der Waals surface area contributed by atoms with Crippen LogP contribution in [0.25, 0.3) is 10.2 Å². The molecular formula is C22H26N6O2S. The van der Waals surface area contributed by atoms with E-state index in [2.05, 4.69) is 20.6 Å². The van der Waals surface area contributed by atoms with E-state index >= 15 is 0 Å². The van der Waals surface area contributed by atoms with Gasteiger partial charge >= 0.3 is 0 Å². The fourth-order valence-electron chi connectivity index (χ4n) is 3.96. The van der Waals surface area contributed by atoms with Crippen LogP contribution in [-0.4, -0.2) is 41.7 Å². The predicted octanol–water partition coefficient (Wildman–Crippen LogP) is 3.45. The fraction of sp³-hybridized carbons (Fsp3) is 0.364. The van der Waals surface area contributed by atoms with Gasteiger partial charge in [-0.1, -0.05) is 0 Å². The molecule has 4 rings (SSSR count). The van der Waals surface area contributed by atoms with Crippen LogP contribution < -0.4 is 21.1 Å². The number of carbonyl (C=O) groups is 1. The van der Waals surface area contributed by atoms with Crippen molar-refractivity contribution in [3.63, 3.8) is 0 Å². The van der Waals surface area contributed by atoms with Crippen molar-refractivity contribution in [1.29, 1.82) is 5.41 Å². The van der Waals surface area contributed by atoms with Gasteiger partial charge in [0.05, 0.1) is 18.2 Å². The minimum atomic E-state index is 0.209. The number of hydrogen-bond donors (Lipinski definition) is 4. The lowest BCUT2D eigenvalue weighted by Crippen LogP contribution is -2.35. The second-order valence-electron chi connectivity index (χ2n) is 7.70. The highest BCUT2D eigenvalue weighted by molar-refractivity contribution is 7.19. The average Bonchev–Trinajstić information content (AvgIpc) is 3.13. The van der Waals surface area contributed by atoms with Gasteiger partial charge in [-0.15, -0.1) is 11.3 Å². The first-order valence-electron chi connectivity index (χ1n) is 10.2. The van der Waals surface area contributed by atoms with Gasteiger partial charge in [0.1, 0.15) is 28.5 Å². The summed E-state index contributed by atoms with van der Waals surface area (Å²) in [5, 5.41) is 15.5. The normalized spacial score (nSPS) is 15.5. The van der Waals surface area contributed by atoms with Gasteiger partial charge in [-0.2, -0.15) is 0 Å². The Morgan fingerprint density at radius 1 is 1.42 bits per heavy atom. The molecule has 0 bridgehead atoms. The average molecular weight is 439 g/mol. The van der Waals surface area contributed by atoms with E-state index in [9.17, 15) is 4.79 Å². The highest BCUT2D eigenvalue weighted by atomic mass is 32.1. The van der Waals surface area contributed by atoms with Gasteiger partial charge in [-0.05, 0) is 37.8 Å². The molecule has 0 radical (unpaired) electrons. The number of nitrogens with zero attached hydrogens (tertiary/aromatic N) is 2. The molecule has 1 aliphatic rings. The molecule has 0 amide bonds. The lowest BCUT2D eigenvalue weighted by Gasteiger charge is -2.23. The van der Waals surface area contributed by atoms with Crippen LogP contribution in [0.2, 0.25) is 0 Å².